The van der Waals surface area contributed by atoms with Gasteiger partial charge in [0.15, 0.2) is 0 Å². The molecule has 10 heteroatoms. The predicted octanol–water partition coefficient (Wildman–Crippen LogP) is 4.25. The van der Waals surface area contributed by atoms with E-state index in [0.29, 0.717) is 46.9 Å². The number of aromatic nitrogens is 3. The maximum absolute atomic E-state index is 12.8. The summed E-state index contributed by atoms with van der Waals surface area (Å²) in [7, 11) is 0. The van der Waals surface area contributed by atoms with Crippen LogP contribution >= 0.6 is 34.7 Å². The van der Waals surface area contributed by atoms with Crippen LogP contribution in [-0.4, -0.2) is 51.3 Å². The summed E-state index contributed by atoms with van der Waals surface area (Å²) >= 11 is 13.5. The van der Waals surface area contributed by atoms with E-state index in [2.05, 4.69) is 19.6 Å². The van der Waals surface area contributed by atoms with Crippen LogP contribution in [0.15, 0.2) is 36.7 Å². The van der Waals surface area contributed by atoms with Crippen LogP contribution in [0.1, 0.15) is 15.9 Å². The molecule has 1 aliphatic heterocycles. The first kappa shape index (κ1) is 19.9. The molecule has 0 aliphatic carbocycles. The molecule has 0 spiro atoms. The van der Waals surface area contributed by atoms with Crippen molar-refractivity contribution in [1.29, 1.82) is 0 Å². The SMILES string of the molecule is Cc1ccc(N2CCN(C(=O)c3cccc(Cl)c3Cl)CC2)nc1Nc1ncns1. The fraction of sp³-hybridized carbons (Fsp3) is 0.263. The van der Waals surface area contributed by atoms with Gasteiger partial charge in [-0.25, -0.2) is 9.97 Å². The molecule has 2 aromatic heterocycles. The zero-order valence-corrected chi connectivity index (χ0v) is 17.9. The van der Waals surface area contributed by atoms with Crippen molar-refractivity contribution >= 4 is 57.4 Å². The summed E-state index contributed by atoms with van der Waals surface area (Å²) in [5, 5.41) is 4.59. The minimum absolute atomic E-state index is 0.104. The number of carbonyl (C=O) groups excluding carboxylic acids is 1. The van der Waals surface area contributed by atoms with Crippen LogP contribution in [0.5, 0.6) is 0 Å². The summed E-state index contributed by atoms with van der Waals surface area (Å²) in [4.78, 5) is 25.7. The van der Waals surface area contributed by atoms with Crippen molar-refractivity contribution in [3.63, 3.8) is 0 Å². The number of pyridine rings is 1. The van der Waals surface area contributed by atoms with Crippen molar-refractivity contribution in [2.24, 2.45) is 0 Å². The Bertz CT molecular complexity index is 1020. The third-order valence-corrected chi connectivity index (χ3v) is 6.14. The average molecular weight is 449 g/mol. The highest BCUT2D eigenvalue weighted by atomic mass is 35.5. The van der Waals surface area contributed by atoms with E-state index in [1.165, 1.54) is 17.9 Å². The van der Waals surface area contributed by atoms with Crippen molar-refractivity contribution in [3.05, 3.63) is 57.8 Å². The first-order valence-corrected chi connectivity index (χ1v) is 10.6. The Morgan fingerprint density at radius 1 is 1.14 bits per heavy atom. The van der Waals surface area contributed by atoms with Crippen molar-refractivity contribution in [2.45, 2.75) is 6.92 Å². The summed E-state index contributed by atoms with van der Waals surface area (Å²) in [6.45, 7) is 4.51. The predicted molar refractivity (Wildman–Crippen MR) is 117 cm³/mol. The fourth-order valence-corrected chi connectivity index (χ4v) is 3.94. The van der Waals surface area contributed by atoms with E-state index >= 15 is 0 Å². The number of benzene rings is 1. The third kappa shape index (κ3) is 4.29. The second-order valence-electron chi connectivity index (χ2n) is 6.59. The lowest BCUT2D eigenvalue weighted by Crippen LogP contribution is -2.49. The topological polar surface area (TPSA) is 74.2 Å². The van der Waals surface area contributed by atoms with Gasteiger partial charge in [0.25, 0.3) is 5.91 Å². The number of aryl methyl sites for hydroxylation is 1. The Balaban J connectivity index is 1.44. The van der Waals surface area contributed by atoms with Crippen LogP contribution in [0.25, 0.3) is 0 Å². The van der Waals surface area contributed by atoms with Gasteiger partial charge in [-0.2, -0.15) is 4.37 Å². The lowest BCUT2D eigenvalue weighted by atomic mass is 10.1. The Morgan fingerprint density at radius 2 is 1.93 bits per heavy atom. The van der Waals surface area contributed by atoms with Crippen LogP contribution in [0, 0.1) is 6.92 Å². The lowest BCUT2D eigenvalue weighted by Gasteiger charge is -2.35. The van der Waals surface area contributed by atoms with Gasteiger partial charge < -0.3 is 15.1 Å². The minimum Gasteiger partial charge on any atom is -0.353 e. The summed E-state index contributed by atoms with van der Waals surface area (Å²) in [6.07, 6.45) is 1.51. The number of nitrogens with one attached hydrogen (secondary N) is 1. The molecular weight excluding hydrogens is 431 g/mol. The largest absolute Gasteiger partial charge is 0.353 e. The van der Waals surface area contributed by atoms with E-state index in [9.17, 15) is 4.79 Å². The van der Waals surface area contributed by atoms with E-state index in [4.69, 9.17) is 28.2 Å². The van der Waals surface area contributed by atoms with E-state index in [0.717, 1.165) is 17.2 Å². The van der Waals surface area contributed by atoms with E-state index in [1.807, 2.05) is 19.1 Å². The van der Waals surface area contributed by atoms with Crippen LogP contribution in [0.2, 0.25) is 10.0 Å². The van der Waals surface area contributed by atoms with Gasteiger partial charge in [-0.1, -0.05) is 35.3 Å². The normalized spacial score (nSPS) is 14.2. The molecule has 150 valence electrons. The zero-order valence-electron chi connectivity index (χ0n) is 15.6. The number of hydrogen-bond donors (Lipinski definition) is 1. The molecule has 3 heterocycles. The maximum atomic E-state index is 12.8. The molecule has 1 saturated heterocycles. The third-order valence-electron chi connectivity index (χ3n) is 4.74. The van der Waals surface area contributed by atoms with Gasteiger partial charge in [0.05, 0.1) is 15.6 Å². The first-order chi connectivity index (χ1) is 14.0. The summed E-state index contributed by atoms with van der Waals surface area (Å²) in [5.74, 6) is 1.51. The molecule has 1 aliphatic rings. The second kappa shape index (κ2) is 8.52. The van der Waals surface area contributed by atoms with E-state index in [-0.39, 0.29) is 5.91 Å². The molecule has 0 atom stereocenters. The summed E-state index contributed by atoms with van der Waals surface area (Å²) in [5.41, 5.74) is 1.46. The van der Waals surface area contributed by atoms with Gasteiger partial charge in [0.1, 0.15) is 18.0 Å². The van der Waals surface area contributed by atoms with Gasteiger partial charge in [-0.15, -0.1) is 0 Å². The maximum Gasteiger partial charge on any atom is 0.255 e. The molecule has 3 aromatic rings. The molecule has 4 rings (SSSR count). The van der Waals surface area contributed by atoms with Gasteiger partial charge >= 0.3 is 0 Å². The number of rotatable bonds is 4. The van der Waals surface area contributed by atoms with Gasteiger partial charge in [0, 0.05) is 37.7 Å². The fourth-order valence-electron chi connectivity index (χ4n) is 3.13. The molecule has 1 amide bonds. The highest BCUT2D eigenvalue weighted by molar-refractivity contribution is 7.09. The number of carbonyl (C=O) groups is 1. The molecule has 7 nitrogen and oxygen atoms in total. The second-order valence-corrected chi connectivity index (χ2v) is 8.15. The monoisotopic (exact) mass is 448 g/mol. The molecule has 1 N–H and O–H groups in total. The smallest absolute Gasteiger partial charge is 0.255 e. The highest BCUT2D eigenvalue weighted by Crippen LogP contribution is 2.27. The Kier molecular flexibility index (Phi) is 5.84. The average Bonchev–Trinajstić information content (AvgIpc) is 3.24. The number of hydrogen-bond acceptors (Lipinski definition) is 7. The Morgan fingerprint density at radius 3 is 2.66 bits per heavy atom. The Hall–Kier alpha value is -2.42. The van der Waals surface area contributed by atoms with Crippen LogP contribution in [0.3, 0.4) is 0 Å². The summed E-state index contributed by atoms with van der Waals surface area (Å²) < 4.78 is 4.00. The number of nitrogens with zero attached hydrogens (tertiary/aromatic N) is 5. The lowest BCUT2D eigenvalue weighted by molar-refractivity contribution is 0.0746. The molecule has 0 radical (unpaired) electrons. The van der Waals surface area contributed by atoms with Crippen LogP contribution < -0.4 is 10.2 Å². The number of amides is 1. The number of piperazine rings is 1. The van der Waals surface area contributed by atoms with E-state index < -0.39 is 0 Å². The molecule has 1 fully saturated rings. The van der Waals surface area contributed by atoms with Crippen LogP contribution in [-0.2, 0) is 0 Å². The molecule has 0 saturated carbocycles. The Labute approximate surface area is 182 Å². The van der Waals surface area contributed by atoms with Crippen molar-refractivity contribution in [2.75, 3.05) is 36.4 Å². The molecule has 0 bridgehead atoms. The zero-order chi connectivity index (χ0) is 20.4. The standard InChI is InChI=1S/C19H18Cl2N6OS/c1-12-5-6-15(24-17(12)25-19-22-11-23-29-19)26-7-9-27(10-8-26)18(28)13-3-2-4-14(20)16(13)21/h2-6,11H,7-10H2,1H3,(H,22,23,24,25). The van der Waals surface area contributed by atoms with Crippen LogP contribution in [0.4, 0.5) is 16.8 Å². The summed E-state index contributed by atoms with van der Waals surface area (Å²) in [6, 6.07) is 9.13. The van der Waals surface area contributed by atoms with Gasteiger partial charge in [-0.3, -0.25) is 4.79 Å². The van der Waals surface area contributed by atoms with Crippen molar-refractivity contribution in [1.82, 2.24) is 19.2 Å². The number of anilines is 3. The van der Waals surface area contributed by atoms with Gasteiger partial charge in [0.2, 0.25) is 5.13 Å². The molecule has 0 unspecified atom stereocenters. The van der Waals surface area contributed by atoms with E-state index in [1.54, 1.807) is 23.1 Å². The highest BCUT2D eigenvalue weighted by Gasteiger charge is 2.25. The van der Waals surface area contributed by atoms with Crippen molar-refractivity contribution < 1.29 is 4.79 Å². The molecule has 29 heavy (non-hydrogen) atoms. The minimum atomic E-state index is -0.104. The van der Waals surface area contributed by atoms with Gasteiger partial charge in [-0.05, 0) is 30.7 Å². The number of halogens is 2. The first-order valence-electron chi connectivity index (χ1n) is 9.02. The molecule has 1 aromatic carbocycles. The van der Waals surface area contributed by atoms with Crippen molar-refractivity contribution in [3.8, 4) is 0 Å². The molecular formula is C19H18Cl2N6OS. The quantitative estimate of drug-likeness (QED) is 0.642.